The maximum absolute atomic E-state index is 14.2. The Morgan fingerprint density at radius 3 is 2.76 bits per heavy atom. The number of amides is 1. The van der Waals surface area contributed by atoms with Gasteiger partial charge in [-0.15, -0.1) is 5.10 Å². The summed E-state index contributed by atoms with van der Waals surface area (Å²) in [6.45, 7) is 0. The Kier molecular flexibility index (Phi) is 4.52. The molecule has 1 amide bonds. The van der Waals surface area contributed by atoms with Crippen LogP contribution in [0.3, 0.4) is 0 Å². The molecular weight excluding hydrogens is 397 g/mol. The molecule has 8 nitrogen and oxygen atoms in total. The van der Waals surface area contributed by atoms with E-state index in [1.165, 1.54) is 10.9 Å². The smallest absolute Gasteiger partial charge is 0.271 e. The van der Waals surface area contributed by atoms with Gasteiger partial charge in [0.2, 0.25) is 0 Å². The topological polar surface area (TPSA) is 103 Å². The maximum Gasteiger partial charge on any atom is 0.271 e. The first-order chi connectivity index (χ1) is 12.0. The fourth-order valence-corrected chi connectivity index (χ4v) is 2.60. The van der Waals surface area contributed by atoms with Crippen molar-refractivity contribution in [3.63, 3.8) is 0 Å². The van der Waals surface area contributed by atoms with Gasteiger partial charge in [-0.25, -0.2) is 9.07 Å². The van der Waals surface area contributed by atoms with Gasteiger partial charge < -0.3 is 5.32 Å². The van der Waals surface area contributed by atoms with E-state index in [1.807, 2.05) is 0 Å². The number of hydrogen-bond donors (Lipinski definition) is 1. The Balaban J connectivity index is 1.98. The molecule has 0 fully saturated rings. The number of nitrogens with zero attached hydrogens (tertiary/aromatic N) is 4. The van der Waals surface area contributed by atoms with Crippen molar-refractivity contribution < 1.29 is 14.1 Å². The molecule has 25 heavy (non-hydrogen) atoms. The number of rotatable bonds is 4. The minimum Gasteiger partial charge on any atom is -0.320 e. The van der Waals surface area contributed by atoms with E-state index in [4.69, 9.17) is 0 Å². The standard InChI is InChI=1S/C15H9BrFN5O3/c16-11-8-9(22(24)25)7-10(14(11)17)15(23)19-12-3-1-2-4-13(12)21-6-5-18-20-21/h1-8H,(H,19,23). The summed E-state index contributed by atoms with van der Waals surface area (Å²) >= 11 is 2.88. The predicted octanol–water partition coefficient (Wildman–Crippen LogP) is 3.33. The molecule has 2 aromatic carbocycles. The summed E-state index contributed by atoms with van der Waals surface area (Å²) in [5.41, 5.74) is 0.00994. The number of nitro benzene ring substituents is 1. The molecule has 0 saturated carbocycles. The average Bonchev–Trinajstić information content (AvgIpc) is 3.11. The molecule has 1 heterocycles. The van der Waals surface area contributed by atoms with E-state index in [9.17, 15) is 19.3 Å². The van der Waals surface area contributed by atoms with Crippen LogP contribution in [0.25, 0.3) is 5.69 Å². The van der Waals surface area contributed by atoms with E-state index in [-0.39, 0.29) is 4.47 Å². The van der Waals surface area contributed by atoms with Crippen LogP contribution in [0.15, 0.2) is 53.3 Å². The predicted molar refractivity (Wildman–Crippen MR) is 90.1 cm³/mol. The SMILES string of the molecule is O=C(Nc1ccccc1-n1ccnn1)c1cc([N+](=O)[O-])cc(Br)c1F. The number of hydrogen-bond acceptors (Lipinski definition) is 5. The third-order valence-corrected chi connectivity index (χ3v) is 3.87. The van der Waals surface area contributed by atoms with Gasteiger partial charge in [0, 0.05) is 12.1 Å². The molecule has 1 N–H and O–H groups in total. The largest absolute Gasteiger partial charge is 0.320 e. The van der Waals surface area contributed by atoms with E-state index in [2.05, 4.69) is 31.6 Å². The average molecular weight is 406 g/mol. The highest BCUT2D eigenvalue weighted by Crippen LogP contribution is 2.27. The number of benzene rings is 2. The second kappa shape index (κ2) is 6.77. The third kappa shape index (κ3) is 3.38. The van der Waals surface area contributed by atoms with Crippen molar-refractivity contribution in [3.8, 4) is 5.69 Å². The minimum atomic E-state index is -0.888. The summed E-state index contributed by atoms with van der Waals surface area (Å²) in [6, 6.07) is 8.57. The van der Waals surface area contributed by atoms with Crippen LogP contribution < -0.4 is 5.32 Å². The van der Waals surface area contributed by atoms with Crippen LogP contribution in [-0.2, 0) is 0 Å². The second-order valence-electron chi connectivity index (χ2n) is 4.87. The number of para-hydroxylation sites is 2. The molecule has 0 spiro atoms. The number of nitrogens with one attached hydrogen (secondary N) is 1. The van der Waals surface area contributed by atoms with Gasteiger partial charge in [-0.05, 0) is 28.1 Å². The van der Waals surface area contributed by atoms with Crippen LogP contribution in [0.4, 0.5) is 15.8 Å². The second-order valence-corrected chi connectivity index (χ2v) is 5.72. The zero-order valence-corrected chi connectivity index (χ0v) is 14.0. The summed E-state index contributed by atoms with van der Waals surface area (Å²) in [5.74, 6) is -1.71. The molecule has 0 aliphatic carbocycles. The summed E-state index contributed by atoms with van der Waals surface area (Å²) in [7, 11) is 0. The monoisotopic (exact) mass is 405 g/mol. The Morgan fingerprint density at radius 2 is 2.08 bits per heavy atom. The van der Waals surface area contributed by atoms with Gasteiger partial charge in [-0.1, -0.05) is 17.3 Å². The number of halogens is 2. The summed E-state index contributed by atoms with van der Waals surface area (Å²) < 4.78 is 15.5. The van der Waals surface area contributed by atoms with E-state index in [0.717, 1.165) is 12.1 Å². The van der Waals surface area contributed by atoms with E-state index in [1.54, 1.807) is 30.5 Å². The first-order valence-electron chi connectivity index (χ1n) is 6.88. The first kappa shape index (κ1) is 16.7. The quantitative estimate of drug-likeness (QED) is 0.529. The van der Waals surface area contributed by atoms with Gasteiger partial charge in [0.05, 0.1) is 38.7 Å². The molecule has 126 valence electrons. The van der Waals surface area contributed by atoms with Crippen LogP contribution in [0.2, 0.25) is 0 Å². The van der Waals surface area contributed by atoms with Crippen molar-refractivity contribution in [1.82, 2.24) is 15.0 Å². The summed E-state index contributed by atoms with van der Waals surface area (Å²) in [4.78, 5) is 22.7. The zero-order chi connectivity index (χ0) is 18.0. The lowest BCUT2D eigenvalue weighted by Gasteiger charge is -2.11. The molecule has 1 aromatic heterocycles. The minimum absolute atomic E-state index is 0.170. The maximum atomic E-state index is 14.2. The molecule has 0 bridgehead atoms. The molecule has 0 aliphatic rings. The fraction of sp³-hybridized carbons (Fsp3) is 0. The third-order valence-electron chi connectivity index (χ3n) is 3.29. The van der Waals surface area contributed by atoms with Gasteiger partial charge in [0.1, 0.15) is 0 Å². The highest BCUT2D eigenvalue weighted by atomic mass is 79.9. The molecule has 0 saturated heterocycles. The van der Waals surface area contributed by atoms with Crippen LogP contribution in [0, 0.1) is 15.9 Å². The normalized spacial score (nSPS) is 10.5. The summed E-state index contributed by atoms with van der Waals surface area (Å²) in [5, 5.41) is 21.0. The van der Waals surface area contributed by atoms with Gasteiger partial charge in [-0.2, -0.15) is 0 Å². The van der Waals surface area contributed by atoms with Crippen molar-refractivity contribution in [2.24, 2.45) is 0 Å². The van der Waals surface area contributed by atoms with Gasteiger partial charge >= 0.3 is 0 Å². The van der Waals surface area contributed by atoms with Crippen molar-refractivity contribution in [2.45, 2.75) is 0 Å². The summed E-state index contributed by atoms with van der Waals surface area (Å²) in [6.07, 6.45) is 3.05. The van der Waals surface area contributed by atoms with Gasteiger partial charge in [0.15, 0.2) is 5.82 Å². The van der Waals surface area contributed by atoms with Gasteiger partial charge in [-0.3, -0.25) is 14.9 Å². The number of anilines is 1. The highest BCUT2D eigenvalue weighted by Gasteiger charge is 2.21. The Morgan fingerprint density at radius 1 is 1.32 bits per heavy atom. The molecule has 3 rings (SSSR count). The molecule has 10 heteroatoms. The van der Waals surface area contributed by atoms with E-state index in [0.29, 0.717) is 11.4 Å². The molecule has 0 atom stereocenters. The first-order valence-corrected chi connectivity index (χ1v) is 7.67. The molecule has 3 aromatic rings. The van der Waals surface area contributed by atoms with Gasteiger partial charge in [0.25, 0.3) is 11.6 Å². The van der Waals surface area contributed by atoms with Crippen LogP contribution in [-0.4, -0.2) is 25.8 Å². The Bertz CT molecular complexity index is 962. The lowest BCUT2D eigenvalue weighted by atomic mass is 10.1. The fourth-order valence-electron chi connectivity index (χ4n) is 2.15. The number of carbonyl (C=O) groups is 1. The zero-order valence-electron chi connectivity index (χ0n) is 12.4. The lowest BCUT2D eigenvalue weighted by molar-refractivity contribution is -0.385. The number of carbonyl (C=O) groups excluding carboxylic acids is 1. The number of non-ortho nitro benzene ring substituents is 1. The van der Waals surface area contributed by atoms with Crippen molar-refractivity contribution in [1.29, 1.82) is 0 Å². The molecule has 0 aliphatic heterocycles. The van der Waals surface area contributed by atoms with Crippen LogP contribution in [0.5, 0.6) is 0 Å². The van der Waals surface area contributed by atoms with Crippen LogP contribution in [0.1, 0.15) is 10.4 Å². The Hall–Kier alpha value is -3.14. The highest BCUT2D eigenvalue weighted by molar-refractivity contribution is 9.10. The Labute approximate surface area is 148 Å². The van der Waals surface area contributed by atoms with E-state index >= 15 is 0 Å². The lowest BCUT2D eigenvalue weighted by Crippen LogP contribution is -2.16. The number of aromatic nitrogens is 3. The van der Waals surface area contributed by atoms with Crippen LogP contribution >= 0.6 is 15.9 Å². The molecule has 0 radical (unpaired) electrons. The van der Waals surface area contributed by atoms with E-state index < -0.39 is 27.9 Å². The van der Waals surface area contributed by atoms with Crippen molar-refractivity contribution in [3.05, 3.63) is 74.8 Å². The van der Waals surface area contributed by atoms with Crippen molar-refractivity contribution in [2.75, 3.05) is 5.32 Å². The molecule has 0 unspecified atom stereocenters. The molecular formula is C15H9BrFN5O3. The van der Waals surface area contributed by atoms with Crippen molar-refractivity contribution >= 4 is 33.2 Å². The number of nitro groups is 1.